The molecule has 1 saturated heterocycles. The predicted octanol–water partition coefficient (Wildman–Crippen LogP) is 4.94. The minimum atomic E-state index is -1.07. The van der Waals surface area contributed by atoms with E-state index in [0.717, 1.165) is 0 Å². The minimum Gasteiger partial charge on any atom is -0.484 e. The van der Waals surface area contributed by atoms with E-state index >= 15 is 0 Å². The lowest BCUT2D eigenvalue weighted by molar-refractivity contribution is -0.385. The van der Waals surface area contributed by atoms with Crippen LogP contribution in [0.1, 0.15) is 5.56 Å². The molecule has 1 aliphatic heterocycles. The zero-order valence-electron chi connectivity index (χ0n) is 13.4. The molecule has 2 aromatic carbocycles. The van der Waals surface area contributed by atoms with Crippen LogP contribution in [0.25, 0.3) is 0 Å². The lowest BCUT2D eigenvalue weighted by Gasteiger charge is -2.27. The van der Waals surface area contributed by atoms with Gasteiger partial charge in [-0.15, -0.1) is 0 Å². The summed E-state index contributed by atoms with van der Waals surface area (Å²) >= 11 is 15.6. The minimum absolute atomic E-state index is 0.0982. The highest BCUT2D eigenvalue weighted by Crippen LogP contribution is 2.40. The van der Waals surface area contributed by atoms with E-state index in [0.29, 0.717) is 20.9 Å². The van der Waals surface area contributed by atoms with Gasteiger partial charge in [0.25, 0.3) is 0 Å². The number of nitro groups is 1. The van der Waals surface area contributed by atoms with Crippen LogP contribution in [0.2, 0.25) is 10.0 Å². The van der Waals surface area contributed by atoms with Gasteiger partial charge >= 0.3 is 5.69 Å². The van der Waals surface area contributed by atoms with Crippen molar-refractivity contribution in [3.8, 4) is 5.75 Å². The monoisotopic (exact) mass is 461 g/mol. The molecule has 9 heteroatoms. The molecular formula is C17H14BrCl2NO5. The molecule has 2 unspecified atom stereocenters. The maximum Gasteiger partial charge on any atom is 0.310 e. The number of halogens is 3. The number of hydrogen-bond donors (Lipinski definition) is 0. The van der Waals surface area contributed by atoms with Gasteiger partial charge < -0.3 is 14.2 Å². The number of rotatable bonds is 6. The van der Waals surface area contributed by atoms with Crippen molar-refractivity contribution in [2.45, 2.75) is 11.9 Å². The molecule has 0 spiro atoms. The predicted molar refractivity (Wildman–Crippen MR) is 101 cm³/mol. The maximum absolute atomic E-state index is 11.1. The van der Waals surface area contributed by atoms with Crippen LogP contribution < -0.4 is 4.74 Å². The van der Waals surface area contributed by atoms with E-state index < -0.39 is 16.8 Å². The highest BCUT2D eigenvalue weighted by atomic mass is 79.9. The van der Waals surface area contributed by atoms with Gasteiger partial charge in [-0.05, 0) is 18.2 Å². The number of para-hydroxylation sites is 2. The highest BCUT2D eigenvalue weighted by molar-refractivity contribution is 9.09. The zero-order valence-corrected chi connectivity index (χ0v) is 16.5. The van der Waals surface area contributed by atoms with Crippen molar-refractivity contribution in [2.24, 2.45) is 0 Å². The van der Waals surface area contributed by atoms with Crippen molar-refractivity contribution >= 4 is 44.8 Å². The number of nitrogens with zero attached hydrogens (tertiary/aromatic N) is 1. The Morgan fingerprint density at radius 2 is 2.08 bits per heavy atom. The van der Waals surface area contributed by atoms with Gasteiger partial charge in [-0.1, -0.05) is 57.3 Å². The molecule has 1 aliphatic rings. The molecule has 0 bridgehead atoms. The first kappa shape index (κ1) is 19.4. The molecule has 138 valence electrons. The lowest BCUT2D eigenvalue weighted by Crippen LogP contribution is -2.31. The summed E-state index contributed by atoms with van der Waals surface area (Å²) in [6.07, 6.45) is -0.417. The molecule has 0 aliphatic carbocycles. The Kier molecular flexibility index (Phi) is 6.04. The van der Waals surface area contributed by atoms with Crippen LogP contribution in [0, 0.1) is 10.1 Å². The maximum atomic E-state index is 11.1. The van der Waals surface area contributed by atoms with Crippen LogP contribution in [0.4, 0.5) is 5.69 Å². The Morgan fingerprint density at radius 1 is 1.31 bits per heavy atom. The van der Waals surface area contributed by atoms with Gasteiger partial charge in [0.2, 0.25) is 5.79 Å². The van der Waals surface area contributed by atoms with Crippen LogP contribution >= 0.6 is 39.1 Å². The van der Waals surface area contributed by atoms with Gasteiger partial charge in [-0.3, -0.25) is 10.1 Å². The summed E-state index contributed by atoms with van der Waals surface area (Å²) in [5, 5.41) is 12.3. The van der Waals surface area contributed by atoms with Crippen molar-refractivity contribution < 1.29 is 19.1 Å². The summed E-state index contributed by atoms with van der Waals surface area (Å²) in [4.78, 5) is 10.6. The zero-order chi connectivity index (χ0) is 18.7. The first-order chi connectivity index (χ1) is 12.4. The first-order valence-electron chi connectivity index (χ1n) is 7.64. The molecule has 2 atom stereocenters. The van der Waals surface area contributed by atoms with E-state index in [1.807, 2.05) is 0 Å². The quantitative estimate of drug-likeness (QED) is 0.345. The second-order valence-electron chi connectivity index (χ2n) is 5.60. The summed E-state index contributed by atoms with van der Waals surface area (Å²) < 4.78 is 17.5. The van der Waals surface area contributed by atoms with Gasteiger partial charge in [-0.25, -0.2) is 0 Å². The molecule has 6 nitrogen and oxygen atoms in total. The summed E-state index contributed by atoms with van der Waals surface area (Å²) in [7, 11) is 0. The third-order valence-corrected chi connectivity index (χ3v) is 5.15. The number of alkyl halides is 1. The summed E-state index contributed by atoms with van der Waals surface area (Å²) in [6, 6.07) is 11.3. The average molecular weight is 463 g/mol. The fraction of sp³-hybridized carbons (Fsp3) is 0.294. The molecule has 0 radical (unpaired) electrons. The van der Waals surface area contributed by atoms with Crippen molar-refractivity contribution in [1.29, 1.82) is 0 Å². The normalized spacial score (nSPS) is 22.3. The molecule has 3 rings (SSSR count). The fourth-order valence-electron chi connectivity index (χ4n) is 2.64. The van der Waals surface area contributed by atoms with Crippen LogP contribution in [0.15, 0.2) is 42.5 Å². The Morgan fingerprint density at radius 3 is 2.77 bits per heavy atom. The van der Waals surface area contributed by atoms with Crippen molar-refractivity contribution in [2.75, 3.05) is 18.5 Å². The van der Waals surface area contributed by atoms with Crippen molar-refractivity contribution in [3.05, 3.63) is 68.2 Å². The van der Waals surface area contributed by atoms with Crippen LogP contribution in [0.3, 0.4) is 0 Å². The molecule has 0 amide bonds. The molecule has 1 heterocycles. The molecule has 2 aromatic rings. The first-order valence-corrected chi connectivity index (χ1v) is 9.52. The van der Waals surface area contributed by atoms with E-state index in [9.17, 15) is 10.1 Å². The molecule has 0 N–H and O–H groups in total. The summed E-state index contributed by atoms with van der Waals surface area (Å²) in [5.41, 5.74) is 0.549. The van der Waals surface area contributed by atoms with Gasteiger partial charge in [0.1, 0.15) is 12.7 Å². The molecule has 0 aromatic heterocycles. The van der Waals surface area contributed by atoms with E-state index in [1.165, 1.54) is 6.07 Å². The van der Waals surface area contributed by atoms with Gasteiger partial charge in [0.15, 0.2) is 5.75 Å². The lowest BCUT2D eigenvalue weighted by atomic mass is 10.1. The highest BCUT2D eigenvalue weighted by Gasteiger charge is 2.44. The Bertz CT molecular complexity index is 821. The van der Waals surface area contributed by atoms with Crippen molar-refractivity contribution in [3.63, 3.8) is 0 Å². The smallest absolute Gasteiger partial charge is 0.310 e. The second-order valence-corrected chi connectivity index (χ2v) is 7.00. The third-order valence-electron chi connectivity index (χ3n) is 3.86. The Hall–Kier alpha value is -1.38. The summed E-state index contributed by atoms with van der Waals surface area (Å²) in [6.45, 7) is 0.357. The fourth-order valence-corrected chi connectivity index (χ4v) is 3.79. The number of nitro benzene ring substituents is 1. The number of ether oxygens (including phenoxy) is 3. The third kappa shape index (κ3) is 3.97. The van der Waals surface area contributed by atoms with Crippen LogP contribution in [0.5, 0.6) is 5.75 Å². The standard InChI is InChI=1S/C17H14BrCl2NO5/c18-10-17(13-6-5-11(19)7-14(13)20)25-9-12(26-17)8-24-16-4-2-1-3-15(16)21(22)23/h1-7,12H,8-10H2. The van der Waals surface area contributed by atoms with E-state index in [-0.39, 0.29) is 24.7 Å². The SMILES string of the molecule is O=[N+]([O-])c1ccccc1OCC1COC(CBr)(c2ccc(Cl)cc2Cl)O1. The number of hydrogen-bond acceptors (Lipinski definition) is 5. The van der Waals surface area contributed by atoms with Crippen LogP contribution in [-0.4, -0.2) is 29.6 Å². The molecular weight excluding hydrogens is 449 g/mol. The van der Waals surface area contributed by atoms with Crippen molar-refractivity contribution in [1.82, 2.24) is 0 Å². The number of benzene rings is 2. The second kappa shape index (κ2) is 8.10. The molecule has 0 saturated carbocycles. The van der Waals surface area contributed by atoms with E-state index in [2.05, 4.69) is 15.9 Å². The Balaban J connectivity index is 1.72. The van der Waals surface area contributed by atoms with Gasteiger partial charge in [-0.2, -0.15) is 0 Å². The van der Waals surface area contributed by atoms with Crippen LogP contribution in [-0.2, 0) is 15.3 Å². The topological polar surface area (TPSA) is 70.8 Å². The largest absolute Gasteiger partial charge is 0.484 e. The molecule has 26 heavy (non-hydrogen) atoms. The summed E-state index contributed by atoms with van der Waals surface area (Å²) in [5.74, 6) is -0.889. The Labute approximate surface area is 168 Å². The average Bonchev–Trinajstić information content (AvgIpc) is 3.04. The van der Waals surface area contributed by atoms with E-state index in [4.69, 9.17) is 37.4 Å². The van der Waals surface area contributed by atoms with Gasteiger partial charge in [0, 0.05) is 16.7 Å². The van der Waals surface area contributed by atoms with Gasteiger partial charge in [0.05, 0.1) is 21.9 Å². The van der Waals surface area contributed by atoms with E-state index in [1.54, 1.807) is 36.4 Å². The molecule has 1 fully saturated rings.